The Kier molecular flexibility index (Phi) is 7.46. The highest BCUT2D eigenvalue weighted by Crippen LogP contribution is 2.30. The van der Waals surface area contributed by atoms with Crippen molar-refractivity contribution in [2.24, 2.45) is 0 Å². The number of aryl methyl sites for hydroxylation is 1. The van der Waals surface area contributed by atoms with Crippen LogP contribution in [0.5, 0.6) is 5.75 Å². The lowest BCUT2D eigenvalue weighted by atomic mass is 9.93. The molecule has 1 unspecified atom stereocenters. The molecule has 2 nitrogen and oxygen atoms in total. The summed E-state index contributed by atoms with van der Waals surface area (Å²) in [6.07, 6.45) is 6.41. The summed E-state index contributed by atoms with van der Waals surface area (Å²) < 4.78 is 6.02. The van der Waals surface area contributed by atoms with Crippen molar-refractivity contribution in [1.29, 1.82) is 0 Å². The van der Waals surface area contributed by atoms with Crippen molar-refractivity contribution in [2.45, 2.75) is 45.4 Å². The quantitative estimate of drug-likeness (QED) is 0.313. The van der Waals surface area contributed by atoms with E-state index in [1.165, 1.54) is 11.1 Å². The lowest BCUT2D eigenvalue weighted by Crippen LogP contribution is -2.06. The molecule has 0 bridgehead atoms. The second kappa shape index (κ2) is 9.83. The molecular formula is C23H28O2. The summed E-state index contributed by atoms with van der Waals surface area (Å²) in [5, 5.41) is 0. The van der Waals surface area contributed by atoms with E-state index in [0.29, 0.717) is 24.5 Å². The number of carbonyl (C=O) groups excluding carboxylic acids is 1. The van der Waals surface area contributed by atoms with Crippen molar-refractivity contribution in [3.05, 3.63) is 77.4 Å². The van der Waals surface area contributed by atoms with Gasteiger partial charge in [-0.15, -0.1) is 6.58 Å². The van der Waals surface area contributed by atoms with Crippen LogP contribution in [0.1, 0.15) is 59.7 Å². The Morgan fingerprint density at radius 3 is 2.60 bits per heavy atom. The second-order valence-corrected chi connectivity index (χ2v) is 6.46. The van der Waals surface area contributed by atoms with Crippen LogP contribution in [-0.4, -0.2) is 12.9 Å². The number of ether oxygens (including phenoxy) is 1. The Bertz CT molecular complexity index is 689. The first-order valence-corrected chi connectivity index (χ1v) is 9.09. The molecule has 0 radical (unpaired) electrons. The van der Waals surface area contributed by atoms with Crippen LogP contribution in [0.2, 0.25) is 0 Å². The van der Waals surface area contributed by atoms with E-state index in [-0.39, 0.29) is 0 Å². The van der Waals surface area contributed by atoms with Crippen LogP contribution < -0.4 is 4.74 Å². The number of carbonyl (C=O) groups is 1. The lowest BCUT2D eigenvalue weighted by Gasteiger charge is -2.17. The van der Waals surface area contributed by atoms with E-state index < -0.39 is 0 Å². The summed E-state index contributed by atoms with van der Waals surface area (Å²) >= 11 is 0. The highest BCUT2D eigenvalue weighted by Gasteiger charge is 2.14. The first kappa shape index (κ1) is 19.0. The minimum absolute atomic E-state index is 0.425. The molecule has 0 spiro atoms. The van der Waals surface area contributed by atoms with Gasteiger partial charge in [-0.2, -0.15) is 0 Å². The molecule has 0 aliphatic carbocycles. The van der Waals surface area contributed by atoms with Gasteiger partial charge in [-0.1, -0.05) is 56.3 Å². The van der Waals surface area contributed by atoms with E-state index in [4.69, 9.17) is 4.74 Å². The van der Waals surface area contributed by atoms with Gasteiger partial charge in [-0.05, 0) is 54.4 Å². The standard InChI is InChI=1S/C23H28O2/c1-4-10-20-15-21(18(3)5-2)16-22(17-24)23(20)25-14-9-13-19-11-7-6-8-12-19/h4,6-8,11-12,15-18H,1,5,9-10,13-14H2,2-3H3. The van der Waals surface area contributed by atoms with E-state index in [2.05, 4.69) is 50.8 Å². The zero-order valence-electron chi connectivity index (χ0n) is 15.3. The number of hydrogen-bond donors (Lipinski definition) is 0. The summed E-state index contributed by atoms with van der Waals surface area (Å²) in [6.45, 7) is 8.78. The summed E-state index contributed by atoms with van der Waals surface area (Å²) in [5.74, 6) is 1.14. The lowest BCUT2D eigenvalue weighted by molar-refractivity contribution is 0.111. The Balaban J connectivity index is 2.11. The second-order valence-electron chi connectivity index (χ2n) is 6.46. The van der Waals surface area contributed by atoms with Gasteiger partial charge in [-0.3, -0.25) is 4.79 Å². The van der Waals surface area contributed by atoms with Crippen molar-refractivity contribution >= 4 is 6.29 Å². The molecule has 0 fully saturated rings. The molecule has 0 aromatic heterocycles. The van der Waals surface area contributed by atoms with Gasteiger partial charge in [0.25, 0.3) is 0 Å². The molecule has 0 heterocycles. The topological polar surface area (TPSA) is 26.3 Å². The molecule has 2 aromatic carbocycles. The Hall–Kier alpha value is -2.35. The molecular weight excluding hydrogens is 308 g/mol. The fourth-order valence-electron chi connectivity index (χ4n) is 2.93. The SMILES string of the molecule is C=CCc1cc(C(C)CC)cc(C=O)c1OCCCc1ccccc1. The minimum Gasteiger partial charge on any atom is -0.493 e. The van der Waals surface area contributed by atoms with E-state index in [9.17, 15) is 4.79 Å². The van der Waals surface area contributed by atoms with E-state index in [1.54, 1.807) is 0 Å². The van der Waals surface area contributed by atoms with Gasteiger partial charge in [0.15, 0.2) is 6.29 Å². The maximum absolute atomic E-state index is 11.6. The monoisotopic (exact) mass is 336 g/mol. The number of aldehydes is 1. The maximum atomic E-state index is 11.6. The highest BCUT2D eigenvalue weighted by atomic mass is 16.5. The van der Waals surface area contributed by atoms with Crippen LogP contribution in [0.15, 0.2) is 55.1 Å². The molecule has 25 heavy (non-hydrogen) atoms. The predicted octanol–water partition coefficient (Wildman–Crippen LogP) is 5.75. The summed E-state index contributed by atoms with van der Waals surface area (Å²) in [6, 6.07) is 14.5. The van der Waals surface area contributed by atoms with Crippen LogP contribution in [0.4, 0.5) is 0 Å². The van der Waals surface area contributed by atoms with Gasteiger partial charge < -0.3 is 4.74 Å². The number of allylic oxidation sites excluding steroid dienone is 1. The molecule has 2 heteroatoms. The Labute approximate surface area is 151 Å². The van der Waals surface area contributed by atoms with Crippen molar-refractivity contribution in [1.82, 2.24) is 0 Å². The molecule has 1 atom stereocenters. The van der Waals surface area contributed by atoms with Gasteiger partial charge in [-0.25, -0.2) is 0 Å². The third kappa shape index (κ3) is 5.32. The van der Waals surface area contributed by atoms with Crippen molar-refractivity contribution in [2.75, 3.05) is 6.61 Å². The van der Waals surface area contributed by atoms with Gasteiger partial charge in [0.05, 0.1) is 12.2 Å². The molecule has 0 N–H and O–H groups in total. The largest absolute Gasteiger partial charge is 0.493 e. The number of rotatable bonds is 10. The van der Waals surface area contributed by atoms with E-state index in [0.717, 1.165) is 36.9 Å². The fourth-order valence-corrected chi connectivity index (χ4v) is 2.93. The molecule has 0 amide bonds. The zero-order chi connectivity index (χ0) is 18.1. The molecule has 132 valence electrons. The molecule has 2 rings (SSSR count). The van der Waals surface area contributed by atoms with Crippen LogP contribution in [0, 0.1) is 0 Å². The van der Waals surface area contributed by atoms with Crippen LogP contribution in [0.3, 0.4) is 0 Å². The summed E-state index contributed by atoms with van der Waals surface area (Å²) in [5.41, 5.74) is 4.20. The van der Waals surface area contributed by atoms with Crippen molar-refractivity contribution < 1.29 is 9.53 Å². The summed E-state index contributed by atoms with van der Waals surface area (Å²) in [4.78, 5) is 11.6. The average Bonchev–Trinajstić information content (AvgIpc) is 2.66. The first-order valence-electron chi connectivity index (χ1n) is 9.09. The first-order chi connectivity index (χ1) is 12.2. The number of hydrogen-bond acceptors (Lipinski definition) is 2. The number of benzene rings is 2. The normalized spacial score (nSPS) is 11.8. The van der Waals surface area contributed by atoms with Gasteiger partial charge in [0.1, 0.15) is 5.75 Å². The fraction of sp³-hybridized carbons (Fsp3) is 0.348. The van der Waals surface area contributed by atoms with Crippen molar-refractivity contribution in [3.8, 4) is 5.75 Å². The third-order valence-electron chi connectivity index (χ3n) is 4.59. The van der Waals surface area contributed by atoms with Crippen LogP contribution in [-0.2, 0) is 12.8 Å². The van der Waals surface area contributed by atoms with Gasteiger partial charge in [0.2, 0.25) is 0 Å². The Morgan fingerprint density at radius 1 is 1.20 bits per heavy atom. The van der Waals surface area contributed by atoms with E-state index in [1.807, 2.05) is 18.2 Å². The van der Waals surface area contributed by atoms with Crippen molar-refractivity contribution in [3.63, 3.8) is 0 Å². The minimum atomic E-state index is 0.425. The highest BCUT2D eigenvalue weighted by molar-refractivity contribution is 5.81. The van der Waals surface area contributed by atoms with Crippen LogP contribution in [0.25, 0.3) is 0 Å². The summed E-state index contributed by atoms with van der Waals surface area (Å²) in [7, 11) is 0. The average molecular weight is 336 g/mol. The van der Waals surface area contributed by atoms with Crippen LogP contribution >= 0.6 is 0 Å². The maximum Gasteiger partial charge on any atom is 0.153 e. The van der Waals surface area contributed by atoms with Gasteiger partial charge in [0, 0.05) is 0 Å². The van der Waals surface area contributed by atoms with Gasteiger partial charge >= 0.3 is 0 Å². The zero-order valence-corrected chi connectivity index (χ0v) is 15.3. The molecule has 0 saturated carbocycles. The predicted molar refractivity (Wildman–Crippen MR) is 105 cm³/mol. The Morgan fingerprint density at radius 2 is 1.96 bits per heavy atom. The molecule has 0 aliphatic heterocycles. The molecule has 2 aromatic rings. The molecule has 0 aliphatic rings. The third-order valence-corrected chi connectivity index (χ3v) is 4.59. The van der Waals surface area contributed by atoms with E-state index >= 15 is 0 Å². The molecule has 0 saturated heterocycles. The smallest absolute Gasteiger partial charge is 0.153 e.